The standard InChI is InChI=1S/C7H5NOS.C3H7NO3/c9-6-8-10-7-4-2-1-3-5-7;4-2(1-5)3(6)7/h1-5H;2,5H,1,4H2,(H,6,7)/t;2-/m.0/s1. The highest BCUT2D eigenvalue weighted by Gasteiger charge is 2.06. The highest BCUT2D eigenvalue weighted by Crippen LogP contribution is 2.16. The van der Waals surface area contributed by atoms with Gasteiger partial charge >= 0.3 is 5.97 Å². The highest BCUT2D eigenvalue weighted by molar-refractivity contribution is 7.98. The number of nitrogens with zero attached hydrogens (tertiary/aromatic N) is 1. The molecule has 0 aliphatic carbocycles. The van der Waals surface area contributed by atoms with Gasteiger partial charge in [0.05, 0.1) is 6.61 Å². The summed E-state index contributed by atoms with van der Waals surface area (Å²) in [5, 5.41) is 15.9. The second kappa shape index (κ2) is 9.56. The molecule has 0 saturated carbocycles. The lowest BCUT2D eigenvalue weighted by Gasteiger charge is -1.96. The molecular formula is C10H12N2O4S. The molecule has 0 aliphatic rings. The van der Waals surface area contributed by atoms with E-state index >= 15 is 0 Å². The molecule has 1 rings (SSSR count). The predicted octanol–water partition coefficient (Wildman–Crippen LogP) is 0.420. The van der Waals surface area contributed by atoms with Crippen molar-refractivity contribution < 1.29 is 19.8 Å². The summed E-state index contributed by atoms with van der Waals surface area (Å²) in [6.45, 7) is -0.505. The summed E-state index contributed by atoms with van der Waals surface area (Å²) in [7, 11) is 0. The van der Waals surface area contributed by atoms with E-state index in [2.05, 4.69) is 4.40 Å². The van der Waals surface area contributed by atoms with Gasteiger partial charge in [-0.2, -0.15) is 0 Å². The Morgan fingerprint density at radius 2 is 2.06 bits per heavy atom. The monoisotopic (exact) mass is 256 g/mol. The van der Waals surface area contributed by atoms with Crippen molar-refractivity contribution in [1.29, 1.82) is 0 Å². The van der Waals surface area contributed by atoms with Crippen molar-refractivity contribution in [2.45, 2.75) is 10.9 Å². The summed E-state index contributed by atoms with van der Waals surface area (Å²) in [5.41, 5.74) is 4.77. The number of aliphatic hydroxyl groups is 1. The van der Waals surface area contributed by atoms with Crippen LogP contribution in [0.1, 0.15) is 0 Å². The Morgan fingerprint density at radius 1 is 1.47 bits per heavy atom. The molecule has 4 N–H and O–H groups in total. The Labute approximate surface area is 102 Å². The highest BCUT2D eigenvalue weighted by atomic mass is 32.2. The Balaban J connectivity index is 0.000000325. The number of hydrogen-bond donors (Lipinski definition) is 3. The average molecular weight is 256 g/mol. The van der Waals surface area contributed by atoms with Crippen molar-refractivity contribution >= 4 is 24.0 Å². The summed E-state index contributed by atoms with van der Waals surface area (Å²) in [4.78, 5) is 20.3. The van der Waals surface area contributed by atoms with Crippen LogP contribution < -0.4 is 5.73 Å². The average Bonchev–Trinajstić information content (AvgIpc) is 2.37. The molecule has 17 heavy (non-hydrogen) atoms. The van der Waals surface area contributed by atoms with E-state index in [-0.39, 0.29) is 0 Å². The van der Waals surface area contributed by atoms with Crippen molar-refractivity contribution in [1.82, 2.24) is 0 Å². The number of hydrogen-bond acceptors (Lipinski definition) is 6. The third-order valence-electron chi connectivity index (χ3n) is 1.45. The van der Waals surface area contributed by atoms with Gasteiger partial charge in [0, 0.05) is 16.8 Å². The number of carboxylic acids is 1. The van der Waals surface area contributed by atoms with Crippen LogP contribution in [0.4, 0.5) is 0 Å². The van der Waals surface area contributed by atoms with Crippen LogP contribution in [0.25, 0.3) is 0 Å². The molecule has 0 radical (unpaired) electrons. The SMILES string of the molecule is N[C@@H](CO)C(=O)O.O=C=NSc1ccccc1. The first-order valence-electron chi connectivity index (χ1n) is 4.50. The van der Waals surface area contributed by atoms with E-state index in [4.69, 9.17) is 15.9 Å². The maximum atomic E-state index is 9.67. The summed E-state index contributed by atoms with van der Waals surface area (Å²) < 4.78 is 3.35. The molecule has 1 aromatic rings. The molecule has 0 spiro atoms. The second-order valence-corrected chi connectivity index (χ2v) is 3.55. The van der Waals surface area contributed by atoms with Crippen LogP contribution in [0.2, 0.25) is 0 Å². The lowest BCUT2D eigenvalue weighted by Crippen LogP contribution is -2.33. The van der Waals surface area contributed by atoms with Gasteiger partial charge in [-0.05, 0) is 12.1 Å². The quantitative estimate of drug-likeness (QED) is 0.409. The maximum Gasteiger partial charge on any atom is 0.322 e. The number of aliphatic hydroxyl groups excluding tert-OH is 1. The van der Waals surface area contributed by atoms with E-state index < -0.39 is 18.6 Å². The zero-order chi connectivity index (χ0) is 13.1. The third-order valence-corrected chi connectivity index (χ3v) is 2.09. The topological polar surface area (TPSA) is 113 Å². The van der Waals surface area contributed by atoms with Crippen molar-refractivity contribution in [3.05, 3.63) is 30.3 Å². The molecular weight excluding hydrogens is 244 g/mol. The van der Waals surface area contributed by atoms with Crippen molar-refractivity contribution in [2.75, 3.05) is 6.61 Å². The largest absolute Gasteiger partial charge is 0.480 e. The summed E-state index contributed by atoms with van der Waals surface area (Å²) in [5.74, 6) is -1.18. The van der Waals surface area contributed by atoms with Gasteiger partial charge in [0.15, 0.2) is 0 Å². The summed E-state index contributed by atoms with van der Waals surface area (Å²) in [6, 6.07) is 8.33. The number of aliphatic carboxylic acids is 1. The zero-order valence-electron chi connectivity index (χ0n) is 8.81. The molecule has 0 saturated heterocycles. The normalized spacial score (nSPS) is 10.5. The first-order chi connectivity index (χ1) is 8.11. The van der Waals surface area contributed by atoms with Crippen molar-refractivity contribution in [3.63, 3.8) is 0 Å². The molecule has 0 aromatic heterocycles. The number of nitrogens with two attached hydrogens (primary N) is 1. The fourth-order valence-electron chi connectivity index (χ4n) is 0.631. The Bertz CT molecular complexity index is 379. The summed E-state index contributed by atoms with van der Waals surface area (Å²) in [6.07, 6.45) is 1.45. The van der Waals surface area contributed by atoms with Gasteiger partial charge in [0.25, 0.3) is 0 Å². The minimum Gasteiger partial charge on any atom is -0.480 e. The molecule has 0 fully saturated rings. The molecule has 92 valence electrons. The van der Waals surface area contributed by atoms with Crippen molar-refractivity contribution in [2.24, 2.45) is 10.1 Å². The molecule has 1 aromatic carbocycles. The fraction of sp³-hybridized carbons (Fsp3) is 0.200. The molecule has 0 unspecified atom stereocenters. The third kappa shape index (κ3) is 8.18. The summed E-state index contributed by atoms with van der Waals surface area (Å²) >= 11 is 1.12. The Hall–Kier alpha value is -1.66. The van der Waals surface area contributed by atoms with Gasteiger partial charge < -0.3 is 15.9 Å². The molecule has 7 heteroatoms. The van der Waals surface area contributed by atoms with Crippen LogP contribution in [-0.2, 0) is 9.59 Å². The minimum absolute atomic E-state index is 0.505. The Kier molecular flexibility index (Phi) is 8.62. The zero-order valence-corrected chi connectivity index (χ0v) is 9.63. The van der Waals surface area contributed by atoms with E-state index in [9.17, 15) is 9.59 Å². The van der Waals surface area contributed by atoms with Crippen LogP contribution in [0.3, 0.4) is 0 Å². The number of rotatable bonds is 4. The van der Waals surface area contributed by atoms with E-state index in [0.29, 0.717) is 0 Å². The van der Waals surface area contributed by atoms with Gasteiger partial charge in [-0.1, -0.05) is 18.2 Å². The van der Waals surface area contributed by atoms with E-state index in [1.807, 2.05) is 30.3 Å². The molecule has 1 atom stereocenters. The molecule has 6 nitrogen and oxygen atoms in total. The van der Waals surface area contributed by atoms with Gasteiger partial charge in [0.2, 0.25) is 6.08 Å². The van der Waals surface area contributed by atoms with E-state index in [1.54, 1.807) is 0 Å². The van der Waals surface area contributed by atoms with Crippen LogP contribution in [0, 0.1) is 0 Å². The molecule has 0 bridgehead atoms. The number of carbonyl (C=O) groups is 1. The van der Waals surface area contributed by atoms with Crippen LogP contribution >= 0.6 is 11.9 Å². The smallest absolute Gasteiger partial charge is 0.322 e. The van der Waals surface area contributed by atoms with Crippen LogP contribution in [-0.4, -0.2) is 34.9 Å². The van der Waals surface area contributed by atoms with E-state index in [1.165, 1.54) is 6.08 Å². The van der Waals surface area contributed by atoms with Gasteiger partial charge in [-0.3, -0.25) is 4.79 Å². The number of benzene rings is 1. The Morgan fingerprint density at radius 3 is 2.41 bits per heavy atom. The second-order valence-electron chi connectivity index (χ2n) is 2.71. The predicted molar refractivity (Wildman–Crippen MR) is 63.1 cm³/mol. The van der Waals surface area contributed by atoms with Gasteiger partial charge in [-0.15, -0.1) is 4.40 Å². The van der Waals surface area contributed by atoms with Gasteiger partial charge in [0.1, 0.15) is 6.04 Å². The van der Waals surface area contributed by atoms with Gasteiger partial charge in [-0.25, -0.2) is 4.79 Å². The van der Waals surface area contributed by atoms with Crippen molar-refractivity contribution in [3.8, 4) is 0 Å². The number of carbonyl (C=O) groups excluding carboxylic acids is 1. The van der Waals surface area contributed by atoms with Crippen LogP contribution in [0.5, 0.6) is 0 Å². The first-order valence-corrected chi connectivity index (χ1v) is 5.27. The number of isocyanates is 1. The molecule has 0 amide bonds. The van der Waals surface area contributed by atoms with Crippen LogP contribution in [0.15, 0.2) is 39.6 Å². The minimum atomic E-state index is -1.18. The lowest BCUT2D eigenvalue weighted by atomic mass is 10.3. The lowest BCUT2D eigenvalue weighted by molar-refractivity contribution is -0.139. The number of carboxylic acid groups (broad SMARTS) is 1. The van der Waals surface area contributed by atoms with E-state index in [0.717, 1.165) is 16.8 Å². The molecule has 0 heterocycles. The first kappa shape index (κ1) is 15.3. The fourth-order valence-corrected chi connectivity index (χ4v) is 1.05. The molecule has 0 aliphatic heterocycles. The maximum absolute atomic E-state index is 9.67.